The van der Waals surface area contributed by atoms with E-state index in [9.17, 15) is 4.79 Å². The highest BCUT2D eigenvalue weighted by Crippen LogP contribution is 2.33. The van der Waals surface area contributed by atoms with Crippen molar-refractivity contribution in [1.29, 1.82) is 0 Å². The molecule has 1 aliphatic heterocycles. The monoisotopic (exact) mass is 255 g/mol. The molecule has 19 heavy (non-hydrogen) atoms. The number of aryl methyl sites for hydroxylation is 1. The molecule has 0 aromatic heterocycles. The van der Waals surface area contributed by atoms with E-state index >= 15 is 0 Å². The van der Waals surface area contributed by atoms with Crippen LogP contribution in [0.15, 0.2) is 36.4 Å². The topological polar surface area (TPSA) is 40.3 Å². The molecule has 3 nitrogen and oxygen atoms in total. The van der Waals surface area contributed by atoms with Crippen molar-refractivity contribution < 1.29 is 9.90 Å². The number of aliphatic carboxylic acids is 1. The van der Waals surface area contributed by atoms with Crippen LogP contribution < -0.4 is 4.90 Å². The zero-order valence-electron chi connectivity index (χ0n) is 10.8. The Balaban J connectivity index is 1.92. The fraction of sp³-hybridized carbons (Fsp3) is 0.312. The van der Waals surface area contributed by atoms with Crippen LogP contribution in [0.1, 0.15) is 18.4 Å². The highest BCUT2D eigenvalue weighted by atomic mass is 16.4. The molecule has 1 fully saturated rings. The largest absolute Gasteiger partial charge is 0.481 e. The number of carboxylic acid groups (broad SMARTS) is 1. The van der Waals surface area contributed by atoms with Crippen LogP contribution in [0.5, 0.6) is 0 Å². The van der Waals surface area contributed by atoms with Gasteiger partial charge in [-0.3, -0.25) is 4.79 Å². The van der Waals surface area contributed by atoms with Gasteiger partial charge in [-0.1, -0.05) is 30.3 Å². The zero-order valence-corrected chi connectivity index (χ0v) is 10.8. The quantitative estimate of drug-likeness (QED) is 0.835. The van der Waals surface area contributed by atoms with E-state index in [1.807, 2.05) is 0 Å². The standard InChI is InChI=1S/C16H17NO2/c18-16(19)7-3-4-12-8-9-15(17-10-11-17)14-6-2-1-5-13(12)14/h1-2,5-6,8-9H,3-4,7,10-11H2,(H,18,19). The molecular formula is C16H17NO2. The van der Waals surface area contributed by atoms with E-state index in [0.717, 1.165) is 19.5 Å². The lowest BCUT2D eigenvalue weighted by atomic mass is 9.99. The third kappa shape index (κ3) is 2.55. The number of benzene rings is 2. The first-order valence-corrected chi connectivity index (χ1v) is 6.73. The molecule has 0 radical (unpaired) electrons. The molecule has 3 heteroatoms. The average molecular weight is 255 g/mol. The average Bonchev–Trinajstić information content (AvgIpc) is 3.23. The van der Waals surface area contributed by atoms with E-state index < -0.39 is 5.97 Å². The molecule has 0 amide bonds. The van der Waals surface area contributed by atoms with Crippen molar-refractivity contribution in [3.05, 3.63) is 42.0 Å². The Morgan fingerprint density at radius 3 is 2.53 bits per heavy atom. The molecular weight excluding hydrogens is 238 g/mol. The minimum absolute atomic E-state index is 0.238. The SMILES string of the molecule is O=C(O)CCCc1ccc(N2CC2)c2ccccc12. The van der Waals surface area contributed by atoms with Gasteiger partial charge >= 0.3 is 5.97 Å². The number of hydrogen-bond donors (Lipinski definition) is 1. The summed E-state index contributed by atoms with van der Waals surface area (Å²) in [4.78, 5) is 12.9. The van der Waals surface area contributed by atoms with E-state index in [-0.39, 0.29) is 6.42 Å². The molecule has 2 aromatic carbocycles. The summed E-state index contributed by atoms with van der Waals surface area (Å²) >= 11 is 0. The number of hydrogen-bond acceptors (Lipinski definition) is 2. The van der Waals surface area contributed by atoms with Crippen LogP contribution in [0.4, 0.5) is 5.69 Å². The van der Waals surface area contributed by atoms with E-state index in [0.29, 0.717) is 6.42 Å². The number of fused-ring (bicyclic) bond motifs is 1. The van der Waals surface area contributed by atoms with Gasteiger partial charge in [-0.2, -0.15) is 0 Å². The second kappa shape index (κ2) is 4.92. The highest BCUT2D eigenvalue weighted by molar-refractivity contribution is 5.97. The first-order valence-electron chi connectivity index (χ1n) is 6.73. The molecule has 1 heterocycles. The summed E-state index contributed by atoms with van der Waals surface area (Å²) in [6.07, 6.45) is 1.76. The number of nitrogens with zero attached hydrogens (tertiary/aromatic N) is 1. The molecule has 2 aromatic rings. The molecule has 0 saturated carbocycles. The molecule has 0 atom stereocenters. The first kappa shape index (κ1) is 12.0. The summed E-state index contributed by atoms with van der Waals surface area (Å²) in [5.74, 6) is -0.718. The van der Waals surface area contributed by atoms with Crippen LogP contribution in [0.3, 0.4) is 0 Å². The first-order chi connectivity index (χ1) is 9.25. The van der Waals surface area contributed by atoms with E-state index in [1.54, 1.807) is 0 Å². The minimum atomic E-state index is -0.718. The van der Waals surface area contributed by atoms with E-state index in [2.05, 4.69) is 41.3 Å². The maximum Gasteiger partial charge on any atom is 0.303 e. The Kier molecular flexibility index (Phi) is 3.11. The normalized spacial score (nSPS) is 13.8. The predicted molar refractivity (Wildman–Crippen MR) is 76.7 cm³/mol. The lowest BCUT2D eigenvalue weighted by molar-refractivity contribution is -0.137. The van der Waals surface area contributed by atoms with Gasteiger partial charge in [0.2, 0.25) is 0 Å². The summed E-state index contributed by atoms with van der Waals surface area (Å²) in [6.45, 7) is 2.28. The Hall–Kier alpha value is -2.03. The van der Waals surface area contributed by atoms with Crippen molar-refractivity contribution in [2.75, 3.05) is 18.0 Å². The van der Waals surface area contributed by atoms with Gasteiger partial charge in [0.05, 0.1) is 0 Å². The van der Waals surface area contributed by atoms with Crippen LogP contribution in [0.2, 0.25) is 0 Å². The van der Waals surface area contributed by atoms with Gasteiger partial charge in [-0.25, -0.2) is 0 Å². The molecule has 0 spiro atoms. The Morgan fingerprint density at radius 1 is 1.11 bits per heavy atom. The Bertz CT molecular complexity index is 617. The molecule has 1 aliphatic rings. The molecule has 1 saturated heterocycles. The van der Waals surface area contributed by atoms with Crippen LogP contribution in [-0.2, 0) is 11.2 Å². The van der Waals surface area contributed by atoms with Crippen molar-refractivity contribution >= 4 is 22.4 Å². The molecule has 1 N–H and O–H groups in total. The summed E-state index contributed by atoms with van der Waals surface area (Å²) in [5.41, 5.74) is 2.56. The maximum atomic E-state index is 10.6. The fourth-order valence-corrected chi connectivity index (χ4v) is 2.56. The van der Waals surface area contributed by atoms with E-state index in [1.165, 1.54) is 22.0 Å². The van der Waals surface area contributed by atoms with Gasteiger partial charge in [0.25, 0.3) is 0 Å². The number of carboxylic acids is 1. The second-order valence-electron chi connectivity index (χ2n) is 5.02. The number of rotatable bonds is 5. The minimum Gasteiger partial charge on any atom is -0.481 e. The summed E-state index contributed by atoms with van der Waals surface area (Å²) in [7, 11) is 0. The van der Waals surface area contributed by atoms with Crippen molar-refractivity contribution in [3.63, 3.8) is 0 Å². The summed E-state index contributed by atoms with van der Waals surface area (Å²) in [5, 5.41) is 11.3. The van der Waals surface area contributed by atoms with Crippen molar-refractivity contribution in [3.8, 4) is 0 Å². The lowest BCUT2D eigenvalue weighted by Crippen LogP contribution is -1.98. The van der Waals surface area contributed by atoms with Gasteiger partial charge in [0, 0.05) is 30.6 Å². The highest BCUT2D eigenvalue weighted by Gasteiger charge is 2.20. The van der Waals surface area contributed by atoms with Crippen LogP contribution in [0, 0.1) is 0 Å². The zero-order chi connectivity index (χ0) is 13.2. The van der Waals surface area contributed by atoms with Crippen molar-refractivity contribution in [2.45, 2.75) is 19.3 Å². The molecule has 0 bridgehead atoms. The maximum absolute atomic E-state index is 10.6. The van der Waals surface area contributed by atoms with Gasteiger partial charge in [0.1, 0.15) is 0 Å². The Labute approximate surface area is 112 Å². The molecule has 98 valence electrons. The number of anilines is 1. The van der Waals surface area contributed by atoms with Crippen LogP contribution in [0.25, 0.3) is 10.8 Å². The predicted octanol–water partition coefficient (Wildman–Crippen LogP) is 3.07. The lowest BCUT2D eigenvalue weighted by Gasteiger charge is -2.12. The molecule has 3 rings (SSSR count). The fourth-order valence-electron chi connectivity index (χ4n) is 2.56. The smallest absolute Gasteiger partial charge is 0.303 e. The third-order valence-corrected chi connectivity index (χ3v) is 3.62. The Morgan fingerprint density at radius 2 is 1.84 bits per heavy atom. The van der Waals surface area contributed by atoms with Crippen molar-refractivity contribution in [1.82, 2.24) is 0 Å². The van der Waals surface area contributed by atoms with Gasteiger partial charge in [-0.15, -0.1) is 0 Å². The van der Waals surface area contributed by atoms with Crippen molar-refractivity contribution in [2.24, 2.45) is 0 Å². The van der Waals surface area contributed by atoms with Gasteiger partial charge in [0.15, 0.2) is 0 Å². The number of carbonyl (C=O) groups is 1. The van der Waals surface area contributed by atoms with Gasteiger partial charge in [-0.05, 0) is 29.9 Å². The molecule has 0 aliphatic carbocycles. The third-order valence-electron chi connectivity index (χ3n) is 3.62. The van der Waals surface area contributed by atoms with Crippen LogP contribution >= 0.6 is 0 Å². The molecule has 0 unspecified atom stereocenters. The second-order valence-corrected chi connectivity index (χ2v) is 5.02. The summed E-state index contributed by atoms with van der Waals surface area (Å²) in [6, 6.07) is 12.7. The van der Waals surface area contributed by atoms with Gasteiger partial charge < -0.3 is 10.0 Å². The van der Waals surface area contributed by atoms with Crippen LogP contribution in [-0.4, -0.2) is 24.2 Å². The van der Waals surface area contributed by atoms with E-state index in [4.69, 9.17) is 5.11 Å². The summed E-state index contributed by atoms with van der Waals surface area (Å²) < 4.78 is 0.